The average molecular weight is 1480 g/mol. The Hall–Kier alpha value is -3.56. The molecule has 101 heavy (non-hydrogen) atoms. The summed E-state index contributed by atoms with van der Waals surface area (Å²) in [5, 5.41) is 250. The lowest BCUT2D eigenvalue weighted by Gasteiger charge is -2.51. The summed E-state index contributed by atoms with van der Waals surface area (Å²) in [4.78, 5) is 52.2. The average Bonchev–Trinajstić information content (AvgIpc) is 0.755. The molecule has 8 aliphatic heterocycles. The summed E-state index contributed by atoms with van der Waals surface area (Å²) in [5.41, 5.74) is 0. The van der Waals surface area contributed by atoms with Crippen molar-refractivity contribution in [3.05, 3.63) is 0 Å². The number of amides is 3. The molecule has 25 N–H and O–H groups in total. The summed E-state index contributed by atoms with van der Waals surface area (Å²) in [6.07, 6.45) is -75.3. The molecule has 0 aliphatic carbocycles. The van der Waals surface area contributed by atoms with Crippen molar-refractivity contribution in [2.45, 2.75) is 299 Å². The van der Waals surface area contributed by atoms with E-state index in [0.29, 0.717) is 0 Å². The van der Waals surface area contributed by atoms with Gasteiger partial charge in [-0.2, -0.15) is 0 Å². The molecule has 8 heterocycles. The van der Waals surface area contributed by atoms with Crippen LogP contribution in [-0.4, -0.2) is 420 Å². The zero-order valence-corrected chi connectivity index (χ0v) is 54.9. The standard InChI is InChI=1S/C57H95N3O41/c1-13-28(69)37(78)39(80)52(88-13)98-45-27(60-18(6)67)50(95-23(11-64)43(45)96-51-25(58-16(4)65)36(77)32(73)21(9-62)93-51)87-12-24-35(76)44(26(49(84)91-24)59-17(5)66)97-55-42(83)48(34(75)22(10-63)94-55)101-57(56(85)86)7-20(33(74)47(100-57)31(72)19(68)8-61)92-54-41(82)46(30(71)15(3)90-54)99-53-40(81)38(79)29(70)14(2)89-53/h13-15,19-55,61-64,68-84H,7-12H2,1-6H3,(H,58,65)(H,59,66)(H,60,67)(H,85,86)/t13-,14-,15-,19+,20-,21+,22+,23+,24+,25+,26+,27+,28+,29+,30+,31+,32-,33+,34-,35-,36+,37+,38+,39-,40-,41-,42+,43+,44+,45+,46+,47-,48-,49+,50+,51-,52-,53-,54-,55-,57-/m0/s1. The number of aliphatic carboxylic acids is 1. The number of rotatable bonds is 25. The molecule has 0 aromatic rings. The number of ether oxygens (including phenoxy) is 15. The normalized spacial score (nSPS) is 49.0. The topological polar surface area (TPSA) is 688 Å². The highest BCUT2D eigenvalue weighted by Crippen LogP contribution is 2.42. The second kappa shape index (κ2) is 35.0. The largest absolute Gasteiger partial charge is 0.477 e. The van der Waals surface area contributed by atoms with Gasteiger partial charge in [0.05, 0.1) is 57.5 Å². The highest BCUT2D eigenvalue weighted by Gasteiger charge is 2.63. The molecule has 8 rings (SSSR count). The molecule has 44 nitrogen and oxygen atoms in total. The Morgan fingerprint density at radius 1 is 0.426 bits per heavy atom. The Balaban J connectivity index is 1.07. The molecule has 8 saturated heterocycles. The van der Waals surface area contributed by atoms with E-state index in [4.69, 9.17) is 71.1 Å². The molecule has 0 bridgehead atoms. The second-order valence-electron chi connectivity index (χ2n) is 26.0. The molecule has 0 saturated carbocycles. The number of aliphatic hydroxyl groups is 21. The minimum Gasteiger partial charge on any atom is -0.477 e. The number of carboxylic acids is 1. The first-order valence-corrected chi connectivity index (χ1v) is 32.3. The third-order valence-corrected chi connectivity index (χ3v) is 18.7. The molecule has 0 spiro atoms. The predicted molar refractivity (Wildman–Crippen MR) is 312 cm³/mol. The van der Waals surface area contributed by atoms with Gasteiger partial charge in [-0.25, -0.2) is 4.79 Å². The fourth-order valence-corrected chi connectivity index (χ4v) is 13.1. The van der Waals surface area contributed by atoms with Gasteiger partial charge in [-0.15, -0.1) is 0 Å². The first-order valence-electron chi connectivity index (χ1n) is 32.3. The molecule has 0 radical (unpaired) electrons. The van der Waals surface area contributed by atoms with Crippen molar-refractivity contribution in [3.8, 4) is 0 Å². The lowest BCUT2D eigenvalue weighted by Crippen LogP contribution is -2.71. The first kappa shape index (κ1) is 83.1. The van der Waals surface area contributed by atoms with Crippen LogP contribution in [0.25, 0.3) is 0 Å². The van der Waals surface area contributed by atoms with Crippen molar-refractivity contribution in [3.63, 3.8) is 0 Å². The van der Waals surface area contributed by atoms with Crippen LogP contribution in [0.1, 0.15) is 48.0 Å². The Labute approximate surface area is 573 Å². The molecule has 0 unspecified atom stereocenters. The number of carbonyl (C=O) groups is 4. The van der Waals surface area contributed by atoms with Crippen LogP contribution in [0.15, 0.2) is 0 Å². The maximum Gasteiger partial charge on any atom is 0.364 e. The SMILES string of the molecule is CC(=O)N[C@@H]1[C@@H](O[C@@H]2O[C@H](CO)[C@H](O)[C@H](O[C@]3(C(=O)O)C[C@H](O[C@@H]4O[C@@H](C)[C@@H](O)[C@@H](O[C@@H]5O[C@@H](C)[C@@H](O)[C@@H](O)[C@@H]5O)[C@@H]4O)[C@@H](O)[C@H]([C@H](O)[C@H](O)CO)O3)[C@H]2O)[C@@H](O)[C@@H](CO[C@@H]2O[C@H](CO)[C@@H](O[C@@H]3O[C@H](CO)[C@H](O)[C@H](O)[C@H]3NC(C)=O)[C@H](O[C@@H]3O[C@@H](C)[C@@H](O)[C@@H](O)[C@@H]3O)[C@H]2NC(C)=O)O[C@H]1O. The summed E-state index contributed by atoms with van der Waals surface area (Å²) in [6.45, 7) is 1.17. The van der Waals surface area contributed by atoms with Crippen molar-refractivity contribution in [1.82, 2.24) is 16.0 Å². The summed E-state index contributed by atoms with van der Waals surface area (Å²) in [6, 6.07) is -5.41. The van der Waals surface area contributed by atoms with E-state index in [1.807, 2.05) is 0 Å². The van der Waals surface area contributed by atoms with Crippen LogP contribution in [0.4, 0.5) is 0 Å². The van der Waals surface area contributed by atoms with Gasteiger partial charge in [-0.1, -0.05) is 0 Å². The molecule has 44 heteroatoms. The van der Waals surface area contributed by atoms with E-state index >= 15 is 0 Å². The van der Waals surface area contributed by atoms with Crippen molar-refractivity contribution in [1.29, 1.82) is 0 Å². The van der Waals surface area contributed by atoms with E-state index in [9.17, 15) is 132 Å². The molecule has 41 atom stereocenters. The van der Waals surface area contributed by atoms with Crippen LogP contribution >= 0.6 is 0 Å². The zero-order valence-electron chi connectivity index (χ0n) is 54.9. The Morgan fingerprint density at radius 3 is 1.41 bits per heavy atom. The molecule has 0 aromatic heterocycles. The molecule has 584 valence electrons. The van der Waals surface area contributed by atoms with Gasteiger partial charge in [0.1, 0.15) is 177 Å². The van der Waals surface area contributed by atoms with E-state index < -0.39 is 314 Å². The second-order valence-corrected chi connectivity index (χ2v) is 26.0. The fraction of sp³-hybridized carbons (Fsp3) is 0.930. The van der Waals surface area contributed by atoms with Gasteiger partial charge in [0, 0.05) is 27.2 Å². The zero-order chi connectivity index (χ0) is 74.9. The molecule has 8 aliphatic rings. The van der Waals surface area contributed by atoms with Crippen LogP contribution in [0, 0.1) is 0 Å². The van der Waals surface area contributed by atoms with Gasteiger partial charge in [0.15, 0.2) is 44.0 Å². The molecular weight excluding hydrogens is 1380 g/mol. The summed E-state index contributed by atoms with van der Waals surface area (Å²) in [7, 11) is 0. The van der Waals surface area contributed by atoms with Gasteiger partial charge in [0.2, 0.25) is 17.7 Å². The van der Waals surface area contributed by atoms with Crippen LogP contribution < -0.4 is 16.0 Å². The third-order valence-electron chi connectivity index (χ3n) is 18.7. The molecule has 0 aromatic carbocycles. The number of carboxylic acid groups (broad SMARTS) is 1. The van der Waals surface area contributed by atoms with Gasteiger partial charge in [0.25, 0.3) is 5.79 Å². The van der Waals surface area contributed by atoms with E-state index in [-0.39, 0.29) is 0 Å². The van der Waals surface area contributed by atoms with Gasteiger partial charge in [-0.05, 0) is 20.8 Å². The van der Waals surface area contributed by atoms with E-state index in [1.54, 1.807) is 0 Å². The predicted octanol–water partition coefficient (Wildman–Crippen LogP) is -15.7. The van der Waals surface area contributed by atoms with Crippen LogP contribution in [0.5, 0.6) is 0 Å². The van der Waals surface area contributed by atoms with Gasteiger partial charge < -0.3 is 199 Å². The van der Waals surface area contributed by atoms with Crippen LogP contribution in [0.3, 0.4) is 0 Å². The first-order chi connectivity index (χ1) is 47.4. The third kappa shape index (κ3) is 18.0. The maximum atomic E-state index is 13.8. The Bertz CT molecular complexity index is 2690. The molecular formula is C57H95N3O41. The quantitative estimate of drug-likeness (QED) is 0.0404. The summed E-state index contributed by atoms with van der Waals surface area (Å²) in [5.74, 6) is -8.34. The highest BCUT2D eigenvalue weighted by molar-refractivity contribution is 5.76. The number of hydrogen-bond acceptors (Lipinski definition) is 40. The van der Waals surface area contributed by atoms with Crippen molar-refractivity contribution < 1.29 is 203 Å². The summed E-state index contributed by atoms with van der Waals surface area (Å²) < 4.78 is 88.1. The van der Waals surface area contributed by atoms with E-state index in [2.05, 4.69) is 16.0 Å². The fourth-order valence-electron chi connectivity index (χ4n) is 13.1. The van der Waals surface area contributed by atoms with Crippen LogP contribution in [0.2, 0.25) is 0 Å². The van der Waals surface area contributed by atoms with Gasteiger partial charge >= 0.3 is 5.97 Å². The number of nitrogens with one attached hydrogen (secondary N) is 3. The number of hydrogen-bond donors (Lipinski definition) is 25. The van der Waals surface area contributed by atoms with E-state index in [1.165, 1.54) is 20.8 Å². The lowest BCUT2D eigenvalue weighted by atomic mass is 9.89. The lowest BCUT2D eigenvalue weighted by molar-refractivity contribution is -0.398. The monoisotopic (exact) mass is 1480 g/mol. The summed E-state index contributed by atoms with van der Waals surface area (Å²) >= 11 is 0. The van der Waals surface area contributed by atoms with Crippen molar-refractivity contribution >= 4 is 23.7 Å². The minimum absolute atomic E-state index is 0.802. The minimum atomic E-state index is -3.47. The maximum absolute atomic E-state index is 13.8. The van der Waals surface area contributed by atoms with E-state index in [0.717, 1.165) is 20.8 Å². The van der Waals surface area contributed by atoms with Crippen molar-refractivity contribution in [2.75, 3.05) is 33.0 Å². The highest BCUT2D eigenvalue weighted by atomic mass is 16.8. The van der Waals surface area contributed by atoms with Crippen LogP contribution in [-0.2, 0) is 90.2 Å². The number of aliphatic hydroxyl groups excluding tert-OH is 21. The number of carbonyl (C=O) groups excluding carboxylic acids is 3. The Morgan fingerprint density at radius 2 is 0.871 bits per heavy atom. The smallest absolute Gasteiger partial charge is 0.364 e. The van der Waals surface area contributed by atoms with Crippen molar-refractivity contribution in [2.24, 2.45) is 0 Å². The van der Waals surface area contributed by atoms with Gasteiger partial charge in [-0.3, -0.25) is 14.4 Å². The molecule has 8 fully saturated rings. The molecule has 3 amide bonds. The Kier molecular flexibility index (Phi) is 28.8.